The molecule has 1 rings (SSSR count). The molecule has 100 valence electrons. The lowest BCUT2D eigenvalue weighted by atomic mass is 10.1. The zero-order valence-corrected chi connectivity index (χ0v) is 13.0. The predicted molar refractivity (Wildman–Crippen MR) is 81.0 cm³/mol. The normalized spacial score (nSPS) is 11.2. The Bertz CT molecular complexity index is 423. The third kappa shape index (κ3) is 5.00. The molecule has 0 aliphatic rings. The number of nitrogens with two attached hydrogens (primary N) is 1. The van der Waals surface area contributed by atoms with Crippen molar-refractivity contribution in [3.05, 3.63) is 34.1 Å². The first-order chi connectivity index (χ1) is 8.40. The van der Waals surface area contributed by atoms with Crippen molar-refractivity contribution < 1.29 is 4.39 Å². The van der Waals surface area contributed by atoms with Crippen LogP contribution in [0.15, 0.2) is 22.7 Å². The van der Waals surface area contributed by atoms with Crippen molar-refractivity contribution in [1.82, 2.24) is 4.90 Å². The standard InChI is InChI=1S/C13H18BrFN2S/c1-9(2)17(6-5-13(16)18)8-10-3-4-12(15)11(14)7-10/h3-4,7,9H,5-6,8H2,1-2H3,(H2,16,18). The molecule has 0 bridgehead atoms. The van der Waals surface area contributed by atoms with Crippen LogP contribution in [0.1, 0.15) is 25.8 Å². The minimum absolute atomic E-state index is 0.238. The van der Waals surface area contributed by atoms with Crippen molar-refractivity contribution >= 4 is 33.1 Å². The lowest BCUT2D eigenvalue weighted by Crippen LogP contribution is -2.33. The molecule has 2 N–H and O–H groups in total. The van der Waals surface area contributed by atoms with Crippen LogP contribution >= 0.6 is 28.1 Å². The van der Waals surface area contributed by atoms with E-state index in [1.807, 2.05) is 6.07 Å². The Hall–Kier alpha value is -0.520. The molecule has 0 atom stereocenters. The first-order valence-electron chi connectivity index (χ1n) is 5.86. The molecule has 1 aromatic carbocycles. The highest BCUT2D eigenvalue weighted by molar-refractivity contribution is 9.10. The summed E-state index contributed by atoms with van der Waals surface area (Å²) in [7, 11) is 0. The fourth-order valence-electron chi connectivity index (χ4n) is 1.65. The van der Waals surface area contributed by atoms with Gasteiger partial charge in [0, 0.05) is 25.6 Å². The van der Waals surface area contributed by atoms with Gasteiger partial charge in [-0.25, -0.2) is 4.39 Å². The lowest BCUT2D eigenvalue weighted by Gasteiger charge is -2.26. The topological polar surface area (TPSA) is 29.3 Å². The Morgan fingerprint density at radius 3 is 2.67 bits per heavy atom. The van der Waals surface area contributed by atoms with Gasteiger partial charge in [-0.15, -0.1) is 0 Å². The summed E-state index contributed by atoms with van der Waals surface area (Å²) in [6, 6.07) is 5.48. The molecule has 0 fully saturated rings. The van der Waals surface area contributed by atoms with Gasteiger partial charge >= 0.3 is 0 Å². The van der Waals surface area contributed by atoms with Gasteiger partial charge in [0.15, 0.2) is 0 Å². The SMILES string of the molecule is CC(C)N(CCC(N)=S)Cc1ccc(F)c(Br)c1. The first-order valence-corrected chi connectivity index (χ1v) is 7.06. The summed E-state index contributed by atoms with van der Waals surface area (Å²) in [5.74, 6) is -0.238. The maximum atomic E-state index is 13.2. The van der Waals surface area contributed by atoms with Gasteiger partial charge in [-0.1, -0.05) is 18.3 Å². The van der Waals surface area contributed by atoms with E-state index >= 15 is 0 Å². The highest BCUT2D eigenvalue weighted by Gasteiger charge is 2.11. The van der Waals surface area contributed by atoms with E-state index in [2.05, 4.69) is 34.7 Å². The summed E-state index contributed by atoms with van der Waals surface area (Å²) in [5.41, 5.74) is 6.60. The maximum absolute atomic E-state index is 13.2. The maximum Gasteiger partial charge on any atom is 0.137 e. The average Bonchev–Trinajstić information content (AvgIpc) is 2.28. The summed E-state index contributed by atoms with van der Waals surface area (Å²) in [6.45, 7) is 5.83. The van der Waals surface area contributed by atoms with Crippen LogP contribution in [0, 0.1) is 5.82 Å². The molecule has 5 heteroatoms. The van der Waals surface area contributed by atoms with E-state index in [1.54, 1.807) is 6.07 Å². The summed E-state index contributed by atoms with van der Waals surface area (Å²) < 4.78 is 13.7. The molecule has 0 aliphatic heterocycles. The fourth-order valence-corrected chi connectivity index (χ4v) is 2.16. The molecule has 0 aromatic heterocycles. The second kappa shape index (κ2) is 7.16. The van der Waals surface area contributed by atoms with Gasteiger partial charge in [0.1, 0.15) is 5.82 Å². The van der Waals surface area contributed by atoms with Crippen LogP contribution in [0.3, 0.4) is 0 Å². The first kappa shape index (κ1) is 15.5. The predicted octanol–water partition coefficient (Wildman–Crippen LogP) is 3.47. The van der Waals surface area contributed by atoms with Crippen LogP contribution in [0.25, 0.3) is 0 Å². The molecule has 0 saturated heterocycles. The van der Waals surface area contributed by atoms with Gasteiger partial charge in [0.2, 0.25) is 0 Å². The third-order valence-electron chi connectivity index (χ3n) is 2.75. The summed E-state index contributed by atoms with van der Waals surface area (Å²) >= 11 is 8.10. The molecule has 0 spiro atoms. The van der Waals surface area contributed by atoms with Crippen molar-refractivity contribution in [2.75, 3.05) is 6.54 Å². The number of thiocarbonyl (C=S) groups is 1. The van der Waals surface area contributed by atoms with E-state index in [4.69, 9.17) is 18.0 Å². The van der Waals surface area contributed by atoms with Crippen LogP contribution in [-0.4, -0.2) is 22.5 Å². The molecule has 0 heterocycles. The molecule has 0 saturated carbocycles. The Kier molecular flexibility index (Phi) is 6.18. The van der Waals surface area contributed by atoms with Gasteiger partial charge in [-0.05, 0) is 47.5 Å². The number of nitrogens with zero attached hydrogens (tertiary/aromatic N) is 1. The van der Waals surface area contributed by atoms with E-state index in [0.29, 0.717) is 21.9 Å². The fraction of sp³-hybridized carbons (Fsp3) is 0.462. The van der Waals surface area contributed by atoms with Crippen molar-refractivity contribution in [3.63, 3.8) is 0 Å². The average molecular weight is 333 g/mol. The molecule has 2 nitrogen and oxygen atoms in total. The van der Waals surface area contributed by atoms with Crippen LogP contribution in [0.2, 0.25) is 0 Å². The highest BCUT2D eigenvalue weighted by Crippen LogP contribution is 2.18. The molecule has 0 radical (unpaired) electrons. The van der Waals surface area contributed by atoms with E-state index < -0.39 is 0 Å². The number of hydrogen-bond donors (Lipinski definition) is 1. The monoisotopic (exact) mass is 332 g/mol. The summed E-state index contributed by atoms with van der Waals surface area (Å²) in [6.07, 6.45) is 0.704. The van der Waals surface area contributed by atoms with E-state index in [-0.39, 0.29) is 5.82 Å². The van der Waals surface area contributed by atoms with E-state index in [0.717, 1.165) is 18.7 Å². The molecule has 0 aliphatic carbocycles. The minimum Gasteiger partial charge on any atom is -0.393 e. The second-order valence-electron chi connectivity index (χ2n) is 4.53. The van der Waals surface area contributed by atoms with Crippen LogP contribution in [0.4, 0.5) is 4.39 Å². The molecule has 18 heavy (non-hydrogen) atoms. The zero-order chi connectivity index (χ0) is 13.7. The van der Waals surface area contributed by atoms with Gasteiger partial charge in [-0.2, -0.15) is 0 Å². The largest absolute Gasteiger partial charge is 0.393 e. The Labute approximate surface area is 121 Å². The van der Waals surface area contributed by atoms with Crippen LogP contribution in [0.5, 0.6) is 0 Å². The van der Waals surface area contributed by atoms with Crippen LogP contribution in [-0.2, 0) is 6.54 Å². The number of halogens is 2. The van der Waals surface area contributed by atoms with E-state index in [1.165, 1.54) is 6.07 Å². The quantitative estimate of drug-likeness (QED) is 0.809. The lowest BCUT2D eigenvalue weighted by molar-refractivity contribution is 0.219. The number of hydrogen-bond acceptors (Lipinski definition) is 2. The van der Waals surface area contributed by atoms with E-state index in [9.17, 15) is 4.39 Å². The summed E-state index contributed by atoms with van der Waals surface area (Å²) in [4.78, 5) is 2.79. The van der Waals surface area contributed by atoms with Crippen molar-refractivity contribution in [2.24, 2.45) is 5.73 Å². The molecular weight excluding hydrogens is 315 g/mol. The molecule has 0 unspecified atom stereocenters. The Morgan fingerprint density at radius 1 is 1.50 bits per heavy atom. The second-order valence-corrected chi connectivity index (χ2v) is 5.91. The van der Waals surface area contributed by atoms with Crippen molar-refractivity contribution in [2.45, 2.75) is 32.9 Å². The third-order valence-corrected chi connectivity index (χ3v) is 3.56. The van der Waals surface area contributed by atoms with Gasteiger partial charge < -0.3 is 5.73 Å². The zero-order valence-electron chi connectivity index (χ0n) is 10.6. The Balaban J connectivity index is 2.70. The van der Waals surface area contributed by atoms with Crippen molar-refractivity contribution in [3.8, 4) is 0 Å². The van der Waals surface area contributed by atoms with Gasteiger partial charge in [0.25, 0.3) is 0 Å². The number of benzene rings is 1. The Morgan fingerprint density at radius 2 is 2.17 bits per heavy atom. The smallest absolute Gasteiger partial charge is 0.137 e. The molecule has 1 aromatic rings. The van der Waals surface area contributed by atoms with Crippen LogP contribution < -0.4 is 5.73 Å². The summed E-state index contributed by atoms with van der Waals surface area (Å²) in [5, 5.41) is 0. The van der Waals surface area contributed by atoms with Gasteiger partial charge in [-0.3, -0.25) is 4.90 Å². The highest BCUT2D eigenvalue weighted by atomic mass is 79.9. The number of rotatable bonds is 6. The van der Waals surface area contributed by atoms with Gasteiger partial charge in [0.05, 0.1) is 9.46 Å². The molecular formula is C13H18BrFN2S. The minimum atomic E-state index is -0.238. The molecule has 0 amide bonds. The van der Waals surface area contributed by atoms with Crippen molar-refractivity contribution in [1.29, 1.82) is 0 Å².